The van der Waals surface area contributed by atoms with Crippen LogP contribution < -0.4 is 9.47 Å². The Morgan fingerprint density at radius 2 is 1.71 bits per heavy atom. The lowest BCUT2D eigenvalue weighted by molar-refractivity contribution is -0.123. The Morgan fingerprint density at radius 1 is 0.941 bits per heavy atom. The molecule has 0 N–H and O–H groups in total. The second-order valence-corrected chi connectivity index (χ2v) is 8.41. The molecule has 0 bridgehead atoms. The molecule has 0 atom stereocenters. The highest BCUT2D eigenvalue weighted by Crippen LogP contribution is 2.35. The third-order valence-corrected chi connectivity index (χ3v) is 5.94. The van der Waals surface area contributed by atoms with Gasteiger partial charge in [-0.2, -0.15) is 0 Å². The van der Waals surface area contributed by atoms with Crippen LogP contribution in [0.3, 0.4) is 0 Å². The zero-order valence-electron chi connectivity index (χ0n) is 18.3. The van der Waals surface area contributed by atoms with Crippen molar-refractivity contribution in [3.05, 3.63) is 100.0 Å². The van der Waals surface area contributed by atoms with Crippen LogP contribution in [0, 0.1) is 11.6 Å². The van der Waals surface area contributed by atoms with E-state index in [0.29, 0.717) is 23.7 Å². The van der Waals surface area contributed by atoms with Crippen LogP contribution in [-0.4, -0.2) is 22.7 Å². The predicted octanol–water partition coefficient (Wildman–Crippen LogP) is 6.18. The van der Waals surface area contributed by atoms with E-state index in [9.17, 15) is 18.4 Å². The average molecular weight is 482 g/mol. The van der Waals surface area contributed by atoms with Gasteiger partial charge in [0.05, 0.1) is 18.1 Å². The van der Waals surface area contributed by atoms with Crippen LogP contribution in [0.5, 0.6) is 11.5 Å². The van der Waals surface area contributed by atoms with Gasteiger partial charge in [0.25, 0.3) is 11.1 Å². The number of rotatable bonds is 8. The Bertz CT molecular complexity index is 1240. The lowest BCUT2D eigenvalue weighted by atomic mass is 10.1. The van der Waals surface area contributed by atoms with Crippen molar-refractivity contribution in [2.24, 2.45) is 0 Å². The topological polar surface area (TPSA) is 55.8 Å². The van der Waals surface area contributed by atoms with Crippen molar-refractivity contribution in [3.63, 3.8) is 0 Å². The fraction of sp³-hybridized carbons (Fsp3) is 0.154. The first-order chi connectivity index (χ1) is 16.4. The van der Waals surface area contributed by atoms with Crippen molar-refractivity contribution >= 4 is 29.0 Å². The molecule has 3 aromatic rings. The Kier molecular flexibility index (Phi) is 7.27. The van der Waals surface area contributed by atoms with Crippen LogP contribution in [-0.2, 0) is 17.9 Å². The quantitative estimate of drug-likeness (QED) is 0.360. The van der Waals surface area contributed by atoms with Gasteiger partial charge in [0.15, 0.2) is 11.5 Å². The molecule has 34 heavy (non-hydrogen) atoms. The fourth-order valence-electron chi connectivity index (χ4n) is 3.33. The molecule has 1 fully saturated rings. The molecular formula is C26H21F2NO4S. The molecular weight excluding hydrogens is 460 g/mol. The highest BCUT2D eigenvalue weighted by Gasteiger charge is 2.35. The lowest BCUT2D eigenvalue weighted by Gasteiger charge is -2.13. The number of ether oxygens (including phenoxy) is 2. The van der Waals surface area contributed by atoms with E-state index in [1.165, 1.54) is 18.2 Å². The SMILES string of the molecule is CCOc1cc(/C=C2\SC(=O)N(Cc3ccccc3F)C2=O)ccc1OCc1ccc(F)cc1. The number of carbonyl (C=O) groups is 2. The van der Waals surface area contributed by atoms with Gasteiger partial charge in [0, 0.05) is 5.56 Å². The molecule has 8 heteroatoms. The van der Waals surface area contributed by atoms with Gasteiger partial charge in [-0.1, -0.05) is 36.4 Å². The third kappa shape index (κ3) is 5.46. The predicted molar refractivity (Wildman–Crippen MR) is 126 cm³/mol. The van der Waals surface area contributed by atoms with Crippen LogP contribution in [0.4, 0.5) is 13.6 Å². The lowest BCUT2D eigenvalue weighted by Crippen LogP contribution is -2.27. The highest BCUT2D eigenvalue weighted by molar-refractivity contribution is 8.18. The number of benzene rings is 3. The van der Waals surface area contributed by atoms with Crippen molar-refractivity contribution in [3.8, 4) is 11.5 Å². The summed E-state index contributed by atoms with van der Waals surface area (Å²) >= 11 is 0.807. The molecule has 4 rings (SSSR count). The third-order valence-electron chi connectivity index (χ3n) is 5.03. The van der Waals surface area contributed by atoms with Gasteiger partial charge in [-0.25, -0.2) is 8.78 Å². The molecule has 1 aliphatic rings. The van der Waals surface area contributed by atoms with E-state index in [0.717, 1.165) is 22.2 Å². The van der Waals surface area contributed by atoms with Gasteiger partial charge in [-0.3, -0.25) is 14.5 Å². The van der Waals surface area contributed by atoms with Crippen molar-refractivity contribution in [1.82, 2.24) is 4.90 Å². The first-order valence-electron chi connectivity index (χ1n) is 10.6. The van der Waals surface area contributed by atoms with Crippen molar-refractivity contribution in [2.75, 3.05) is 6.61 Å². The molecule has 174 valence electrons. The number of amides is 2. The number of imide groups is 1. The molecule has 0 aliphatic carbocycles. The maximum absolute atomic E-state index is 14.0. The number of carbonyl (C=O) groups excluding carboxylic acids is 2. The minimum atomic E-state index is -0.479. The molecule has 5 nitrogen and oxygen atoms in total. The molecule has 3 aromatic carbocycles. The van der Waals surface area contributed by atoms with Crippen LogP contribution in [0.1, 0.15) is 23.6 Å². The molecule has 0 spiro atoms. The standard InChI is InChI=1S/C26H21F2NO4S/c1-2-32-23-13-18(9-12-22(23)33-16-17-7-10-20(27)11-8-17)14-24-25(30)29(26(31)34-24)15-19-5-3-4-6-21(19)28/h3-14H,2,15-16H2,1H3/b24-14-. The smallest absolute Gasteiger partial charge is 0.293 e. The number of halogens is 2. The molecule has 0 aromatic heterocycles. The molecule has 1 saturated heterocycles. The summed E-state index contributed by atoms with van der Waals surface area (Å²) in [4.78, 5) is 26.5. The Morgan fingerprint density at radius 3 is 2.44 bits per heavy atom. The van der Waals surface area contributed by atoms with Crippen molar-refractivity contribution < 1.29 is 27.8 Å². The van der Waals surface area contributed by atoms with E-state index >= 15 is 0 Å². The van der Waals surface area contributed by atoms with Crippen LogP contribution in [0.2, 0.25) is 0 Å². The monoisotopic (exact) mass is 481 g/mol. The number of hydrogen-bond acceptors (Lipinski definition) is 5. The largest absolute Gasteiger partial charge is 0.490 e. The number of nitrogens with zero attached hydrogens (tertiary/aromatic N) is 1. The van der Waals surface area contributed by atoms with E-state index in [-0.39, 0.29) is 29.4 Å². The summed E-state index contributed by atoms with van der Waals surface area (Å²) in [5.74, 6) is -0.294. The first-order valence-corrected chi connectivity index (χ1v) is 11.4. The van der Waals surface area contributed by atoms with E-state index in [2.05, 4.69) is 0 Å². The summed E-state index contributed by atoms with van der Waals surface area (Å²) < 4.78 is 38.6. The summed E-state index contributed by atoms with van der Waals surface area (Å²) in [6.45, 7) is 2.34. The normalized spacial score (nSPS) is 14.7. The van der Waals surface area contributed by atoms with Crippen LogP contribution in [0.15, 0.2) is 71.6 Å². The van der Waals surface area contributed by atoms with Crippen molar-refractivity contribution in [1.29, 1.82) is 0 Å². The maximum Gasteiger partial charge on any atom is 0.293 e. The summed E-state index contributed by atoms with van der Waals surface area (Å²) in [5, 5.41) is -0.455. The van der Waals surface area contributed by atoms with Gasteiger partial charge in [-0.15, -0.1) is 0 Å². The van der Waals surface area contributed by atoms with E-state index in [1.807, 2.05) is 6.92 Å². The number of hydrogen-bond donors (Lipinski definition) is 0. The zero-order valence-corrected chi connectivity index (χ0v) is 19.1. The first kappa shape index (κ1) is 23.5. The molecule has 1 heterocycles. The molecule has 1 aliphatic heterocycles. The van der Waals surface area contributed by atoms with Gasteiger partial charge >= 0.3 is 0 Å². The molecule has 0 radical (unpaired) electrons. The Labute approximate surface area is 200 Å². The van der Waals surface area contributed by atoms with Crippen LogP contribution in [0.25, 0.3) is 6.08 Å². The summed E-state index contributed by atoms with van der Waals surface area (Å²) in [7, 11) is 0. The average Bonchev–Trinajstić information content (AvgIpc) is 3.08. The molecule has 2 amide bonds. The number of thioether (sulfide) groups is 1. The van der Waals surface area contributed by atoms with E-state index in [1.54, 1.807) is 54.6 Å². The Balaban J connectivity index is 1.51. The van der Waals surface area contributed by atoms with E-state index in [4.69, 9.17) is 9.47 Å². The van der Waals surface area contributed by atoms with Crippen molar-refractivity contribution in [2.45, 2.75) is 20.1 Å². The highest BCUT2D eigenvalue weighted by atomic mass is 32.2. The van der Waals surface area contributed by atoms with Gasteiger partial charge < -0.3 is 9.47 Å². The minimum Gasteiger partial charge on any atom is -0.490 e. The van der Waals surface area contributed by atoms with Gasteiger partial charge in [0.2, 0.25) is 0 Å². The summed E-state index contributed by atoms with van der Waals surface area (Å²) in [6.07, 6.45) is 1.60. The van der Waals surface area contributed by atoms with E-state index < -0.39 is 17.0 Å². The molecule has 0 saturated carbocycles. The van der Waals surface area contributed by atoms with Crippen LogP contribution >= 0.6 is 11.8 Å². The fourth-order valence-corrected chi connectivity index (χ4v) is 4.17. The minimum absolute atomic E-state index is 0.130. The zero-order chi connectivity index (χ0) is 24.1. The summed E-state index contributed by atoms with van der Waals surface area (Å²) in [5.41, 5.74) is 1.72. The second kappa shape index (κ2) is 10.5. The van der Waals surface area contributed by atoms with Gasteiger partial charge in [0.1, 0.15) is 18.2 Å². The summed E-state index contributed by atoms with van der Waals surface area (Å²) in [6, 6.07) is 17.2. The molecule has 0 unspecified atom stereocenters. The van der Waals surface area contributed by atoms with Gasteiger partial charge in [-0.05, 0) is 66.2 Å². The second-order valence-electron chi connectivity index (χ2n) is 7.41. The maximum atomic E-state index is 14.0. The Hall–Kier alpha value is -3.65.